The first-order chi connectivity index (χ1) is 11.7. The molecule has 1 aromatic heterocycles. The van der Waals surface area contributed by atoms with Crippen LogP contribution in [0.15, 0.2) is 36.4 Å². The zero-order chi connectivity index (χ0) is 16.5. The number of rotatable bonds is 2. The van der Waals surface area contributed by atoms with Gasteiger partial charge in [-0.15, -0.1) is 11.3 Å². The minimum absolute atomic E-state index is 0.0718. The summed E-state index contributed by atoms with van der Waals surface area (Å²) in [6.07, 6.45) is 5.77. The number of para-hydroxylation sites is 1. The van der Waals surface area contributed by atoms with E-state index in [1.165, 1.54) is 0 Å². The topological polar surface area (TPSA) is 62.3 Å². The Morgan fingerprint density at radius 2 is 2.08 bits per heavy atom. The molecule has 0 spiro atoms. The van der Waals surface area contributed by atoms with Gasteiger partial charge in [-0.2, -0.15) is 0 Å². The SMILES string of the molecule is O=C1CN(C(=O)C2CC=CCC2c2nc3ccccc3s2)CCN1. The summed E-state index contributed by atoms with van der Waals surface area (Å²) in [5.74, 6) is -0.0118. The highest BCUT2D eigenvalue weighted by atomic mass is 32.1. The van der Waals surface area contributed by atoms with Crippen molar-refractivity contribution >= 4 is 33.4 Å². The normalized spacial score (nSPS) is 24.2. The summed E-state index contributed by atoms with van der Waals surface area (Å²) in [7, 11) is 0. The first-order valence-electron chi connectivity index (χ1n) is 8.28. The zero-order valence-electron chi connectivity index (χ0n) is 13.3. The Kier molecular flexibility index (Phi) is 4.06. The summed E-state index contributed by atoms with van der Waals surface area (Å²) in [4.78, 5) is 31.0. The number of hydrogen-bond acceptors (Lipinski definition) is 4. The summed E-state index contributed by atoms with van der Waals surface area (Å²) < 4.78 is 1.16. The van der Waals surface area contributed by atoms with Crippen LogP contribution < -0.4 is 5.32 Å². The second-order valence-electron chi connectivity index (χ2n) is 6.29. The zero-order valence-corrected chi connectivity index (χ0v) is 14.1. The van der Waals surface area contributed by atoms with E-state index in [0.717, 1.165) is 28.1 Å². The van der Waals surface area contributed by atoms with E-state index in [4.69, 9.17) is 4.98 Å². The Balaban J connectivity index is 1.62. The fraction of sp³-hybridized carbons (Fsp3) is 0.389. The summed E-state index contributed by atoms with van der Waals surface area (Å²) in [5, 5.41) is 3.80. The number of nitrogens with one attached hydrogen (secondary N) is 1. The van der Waals surface area contributed by atoms with Crippen LogP contribution in [0.4, 0.5) is 0 Å². The van der Waals surface area contributed by atoms with Crippen molar-refractivity contribution in [2.45, 2.75) is 18.8 Å². The number of carbonyl (C=O) groups excluding carboxylic acids is 2. The molecule has 2 heterocycles. The number of hydrogen-bond donors (Lipinski definition) is 1. The second-order valence-corrected chi connectivity index (χ2v) is 7.35. The minimum atomic E-state index is -0.124. The van der Waals surface area contributed by atoms with Gasteiger partial charge >= 0.3 is 0 Å². The molecular formula is C18H19N3O2S. The molecule has 5 nitrogen and oxygen atoms in total. The molecule has 2 atom stereocenters. The monoisotopic (exact) mass is 341 g/mol. The highest BCUT2D eigenvalue weighted by Crippen LogP contribution is 2.39. The molecule has 0 radical (unpaired) electrons. The van der Waals surface area contributed by atoms with Crippen molar-refractivity contribution in [3.8, 4) is 0 Å². The molecule has 24 heavy (non-hydrogen) atoms. The summed E-state index contributed by atoms with van der Waals surface area (Å²) in [6, 6.07) is 8.09. The molecule has 1 aliphatic carbocycles. The molecule has 1 aliphatic heterocycles. The number of nitrogens with zero attached hydrogens (tertiary/aromatic N) is 2. The van der Waals surface area contributed by atoms with Crippen molar-refractivity contribution in [2.75, 3.05) is 19.6 Å². The average Bonchev–Trinajstić information content (AvgIpc) is 3.05. The fourth-order valence-electron chi connectivity index (χ4n) is 3.47. The standard InChI is InChI=1S/C18H19N3O2S/c22-16-11-21(10-9-19-16)18(23)13-6-2-1-5-12(13)17-20-14-7-3-4-8-15(14)24-17/h1-4,7-8,12-13H,5-6,9-11H2,(H,19,22). The summed E-state index contributed by atoms with van der Waals surface area (Å²) in [5.41, 5.74) is 0.996. The van der Waals surface area contributed by atoms with Crippen LogP contribution in [0.5, 0.6) is 0 Å². The predicted molar refractivity (Wildman–Crippen MR) is 93.8 cm³/mol. The number of piperazine rings is 1. The Bertz CT molecular complexity index is 780. The molecule has 0 bridgehead atoms. The van der Waals surface area contributed by atoms with Crippen LogP contribution in [0.25, 0.3) is 10.2 Å². The maximum absolute atomic E-state index is 13.0. The molecule has 0 saturated carbocycles. The van der Waals surface area contributed by atoms with Crippen LogP contribution in [0.3, 0.4) is 0 Å². The lowest BCUT2D eigenvalue weighted by Crippen LogP contribution is -2.52. The average molecular weight is 341 g/mol. The number of amides is 2. The van der Waals surface area contributed by atoms with Crippen molar-refractivity contribution < 1.29 is 9.59 Å². The van der Waals surface area contributed by atoms with Gasteiger partial charge in [-0.3, -0.25) is 9.59 Å². The van der Waals surface area contributed by atoms with Gasteiger partial charge in [0, 0.05) is 19.0 Å². The first kappa shape index (κ1) is 15.3. The summed E-state index contributed by atoms with van der Waals surface area (Å²) in [6.45, 7) is 1.31. The van der Waals surface area contributed by atoms with E-state index in [2.05, 4.69) is 23.5 Å². The molecule has 4 rings (SSSR count). The van der Waals surface area contributed by atoms with Crippen LogP contribution in [0.2, 0.25) is 0 Å². The van der Waals surface area contributed by atoms with Crippen LogP contribution in [-0.4, -0.2) is 41.3 Å². The molecule has 1 aromatic carbocycles. The lowest BCUT2D eigenvalue weighted by atomic mass is 9.82. The Morgan fingerprint density at radius 3 is 2.92 bits per heavy atom. The molecule has 124 valence electrons. The van der Waals surface area contributed by atoms with Crippen molar-refractivity contribution in [3.05, 3.63) is 41.4 Å². The third kappa shape index (κ3) is 2.82. The van der Waals surface area contributed by atoms with E-state index in [1.54, 1.807) is 16.2 Å². The van der Waals surface area contributed by atoms with E-state index in [1.807, 2.05) is 18.2 Å². The van der Waals surface area contributed by atoms with Crippen molar-refractivity contribution in [1.82, 2.24) is 15.2 Å². The van der Waals surface area contributed by atoms with Gasteiger partial charge in [0.2, 0.25) is 11.8 Å². The molecule has 1 fully saturated rings. The number of aromatic nitrogens is 1. The molecule has 6 heteroatoms. The van der Waals surface area contributed by atoms with Crippen molar-refractivity contribution in [3.63, 3.8) is 0 Å². The smallest absolute Gasteiger partial charge is 0.239 e. The quantitative estimate of drug-likeness (QED) is 0.853. The van der Waals surface area contributed by atoms with Crippen molar-refractivity contribution in [1.29, 1.82) is 0 Å². The highest BCUT2D eigenvalue weighted by molar-refractivity contribution is 7.18. The maximum atomic E-state index is 13.0. The highest BCUT2D eigenvalue weighted by Gasteiger charge is 2.36. The van der Waals surface area contributed by atoms with E-state index < -0.39 is 0 Å². The van der Waals surface area contributed by atoms with Gasteiger partial charge in [0.1, 0.15) is 0 Å². The minimum Gasteiger partial charge on any atom is -0.353 e. The molecule has 1 N–H and O–H groups in total. The van der Waals surface area contributed by atoms with Gasteiger partial charge in [-0.05, 0) is 25.0 Å². The van der Waals surface area contributed by atoms with Gasteiger partial charge in [0.25, 0.3) is 0 Å². The third-order valence-corrected chi connectivity index (χ3v) is 5.90. The molecule has 1 saturated heterocycles. The van der Waals surface area contributed by atoms with Crippen molar-refractivity contribution in [2.24, 2.45) is 5.92 Å². The predicted octanol–water partition coefficient (Wildman–Crippen LogP) is 2.30. The van der Waals surface area contributed by atoms with Crippen LogP contribution in [0, 0.1) is 5.92 Å². The number of thiazole rings is 1. The molecular weight excluding hydrogens is 322 g/mol. The number of fused-ring (bicyclic) bond motifs is 1. The van der Waals surface area contributed by atoms with E-state index in [0.29, 0.717) is 13.1 Å². The fourth-order valence-corrected chi connectivity index (χ4v) is 4.62. The lowest BCUT2D eigenvalue weighted by Gasteiger charge is -2.33. The van der Waals surface area contributed by atoms with Gasteiger partial charge in [-0.25, -0.2) is 4.98 Å². The number of allylic oxidation sites excluding steroid dienone is 2. The Morgan fingerprint density at radius 1 is 1.25 bits per heavy atom. The molecule has 2 amide bonds. The second kappa shape index (κ2) is 6.36. The van der Waals surface area contributed by atoms with Gasteiger partial charge in [0.15, 0.2) is 0 Å². The number of benzene rings is 1. The van der Waals surface area contributed by atoms with E-state index in [9.17, 15) is 9.59 Å². The largest absolute Gasteiger partial charge is 0.353 e. The van der Waals surface area contributed by atoms with Gasteiger partial charge in [-0.1, -0.05) is 24.3 Å². The first-order valence-corrected chi connectivity index (χ1v) is 9.10. The van der Waals surface area contributed by atoms with Crippen LogP contribution in [0.1, 0.15) is 23.8 Å². The van der Waals surface area contributed by atoms with Gasteiger partial charge in [0.05, 0.1) is 27.7 Å². The Labute approximate surface area is 144 Å². The van der Waals surface area contributed by atoms with E-state index >= 15 is 0 Å². The van der Waals surface area contributed by atoms with Crippen LogP contribution in [-0.2, 0) is 9.59 Å². The van der Waals surface area contributed by atoms with Gasteiger partial charge < -0.3 is 10.2 Å². The molecule has 2 aliphatic rings. The van der Waals surface area contributed by atoms with E-state index in [-0.39, 0.29) is 30.2 Å². The summed E-state index contributed by atoms with van der Waals surface area (Å²) >= 11 is 1.68. The molecule has 2 aromatic rings. The number of carbonyl (C=O) groups is 2. The lowest BCUT2D eigenvalue weighted by molar-refractivity contribution is -0.142. The third-order valence-electron chi connectivity index (χ3n) is 4.73. The maximum Gasteiger partial charge on any atom is 0.239 e. The Hall–Kier alpha value is -2.21. The van der Waals surface area contributed by atoms with Crippen LogP contribution >= 0.6 is 11.3 Å². The molecule has 2 unspecified atom stereocenters.